The number of carbonyl (C=O) groups excluding carboxylic acids is 1. The number of rotatable bonds is 6. The molecule has 0 aromatic carbocycles. The summed E-state index contributed by atoms with van der Waals surface area (Å²) in [6.45, 7) is 12.3. The van der Waals surface area contributed by atoms with E-state index >= 15 is 0 Å². The maximum absolute atomic E-state index is 11.9. The zero-order valence-electron chi connectivity index (χ0n) is 17.7. The Labute approximate surface area is 190 Å². The molecule has 28 heavy (non-hydrogen) atoms. The molecule has 1 aliphatic rings. The molecule has 1 aromatic rings. The van der Waals surface area contributed by atoms with Gasteiger partial charge in [0.25, 0.3) is 0 Å². The van der Waals surface area contributed by atoms with Gasteiger partial charge in [0.2, 0.25) is 0 Å². The first kappa shape index (κ1) is 25.1. The van der Waals surface area contributed by atoms with Gasteiger partial charge in [0, 0.05) is 23.4 Å². The van der Waals surface area contributed by atoms with Crippen LogP contribution in [0.5, 0.6) is 0 Å². The number of aliphatic imine (C=N–C) groups is 1. The molecule has 0 saturated heterocycles. The van der Waals surface area contributed by atoms with Gasteiger partial charge in [-0.25, -0.2) is 9.98 Å². The van der Waals surface area contributed by atoms with Gasteiger partial charge >= 0.3 is 5.97 Å². The highest BCUT2D eigenvalue weighted by Gasteiger charge is 2.27. The predicted molar refractivity (Wildman–Crippen MR) is 127 cm³/mol. The Hall–Kier alpha value is -0.900. The monoisotopic (exact) mass is 522 g/mol. The van der Waals surface area contributed by atoms with Crippen LogP contribution in [0.25, 0.3) is 0 Å². The largest absolute Gasteiger partial charge is 0.466 e. The van der Waals surface area contributed by atoms with Crippen molar-refractivity contribution >= 4 is 47.2 Å². The zero-order valence-corrected chi connectivity index (χ0v) is 20.9. The van der Waals surface area contributed by atoms with E-state index in [1.54, 1.807) is 11.3 Å². The van der Waals surface area contributed by atoms with Gasteiger partial charge in [-0.05, 0) is 39.5 Å². The lowest BCUT2D eigenvalue weighted by atomic mass is 9.86. The number of halogens is 1. The Balaban J connectivity index is 0.00000392. The number of nitrogens with zero attached hydrogens (tertiary/aromatic N) is 2. The first-order valence-corrected chi connectivity index (χ1v) is 10.9. The van der Waals surface area contributed by atoms with Crippen LogP contribution < -0.4 is 10.6 Å². The summed E-state index contributed by atoms with van der Waals surface area (Å²) in [5, 5.41) is 9.99. The summed E-state index contributed by atoms with van der Waals surface area (Å²) in [6.07, 6.45) is 3.66. The van der Waals surface area contributed by atoms with E-state index < -0.39 is 0 Å². The smallest absolute Gasteiger partial charge is 0.308 e. The molecule has 0 radical (unpaired) electrons. The minimum Gasteiger partial charge on any atom is -0.466 e. The Morgan fingerprint density at radius 2 is 1.96 bits per heavy atom. The molecule has 0 aliphatic heterocycles. The van der Waals surface area contributed by atoms with Crippen LogP contribution in [-0.2, 0) is 21.5 Å². The predicted octanol–water partition coefficient (Wildman–Crippen LogP) is 4.24. The van der Waals surface area contributed by atoms with E-state index in [1.807, 2.05) is 6.92 Å². The maximum Gasteiger partial charge on any atom is 0.308 e. The van der Waals surface area contributed by atoms with Crippen molar-refractivity contribution in [3.63, 3.8) is 0 Å². The van der Waals surface area contributed by atoms with Gasteiger partial charge in [-0.1, -0.05) is 20.8 Å². The quantitative estimate of drug-likeness (QED) is 0.253. The van der Waals surface area contributed by atoms with Crippen LogP contribution in [0.2, 0.25) is 0 Å². The van der Waals surface area contributed by atoms with E-state index in [2.05, 4.69) is 43.7 Å². The number of esters is 1. The second-order valence-electron chi connectivity index (χ2n) is 8.02. The standard InChI is InChI=1S/C20H34N4O2S.HI/c1-6-21-19(22-12-17-24-16(13-27-17)20(3,4)5)23-15-10-8-14(9-11-15)18(25)26-7-2;/h13-15H,6-12H2,1-5H3,(H2,21,22,23);1H. The summed E-state index contributed by atoms with van der Waals surface area (Å²) < 4.78 is 5.15. The topological polar surface area (TPSA) is 75.6 Å². The third-order valence-electron chi connectivity index (χ3n) is 4.72. The molecule has 6 nitrogen and oxygen atoms in total. The fourth-order valence-electron chi connectivity index (χ4n) is 3.12. The fraction of sp³-hybridized carbons (Fsp3) is 0.750. The van der Waals surface area contributed by atoms with E-state index in [1.165, 1.54) is 0 Å². The van der Waals surface area contributed by atoms with Crippen molar-refractivity contribution in [3.8, 4) is 0 Å². The summed E-state index contributed by atoms with van der Waals surface area (Å²) in [5.74, 6) is 0.827. The number of hydrogen-bond acceptors (Lipinski definition) is 5. The van der Waals surface area contributed by atoms with Crippen molar-refractivity contribution in [1.82, 2.24) is 15.6 Å². The fourth-order valence-corrected chi connectivity index (χ4v) is 4.07. The Bertz CT molecular complexity index is 634. The zero-order chi connectivity index (χ0) is 19.9. The normalized spacial score (nSPS) is 20.2. The van der Waals surface area contributed by atoms with Crippen LogP contribution in [0.3, 0.4) is 0 Å². The van der Waals surface area contributed by atoms with Crippen LogP contribution in [0.4, 0.5) is 0 Å². The molecule has 2 rings (SSSR count). The minimum atomic E-state index is -0.0463. The molecule has 1 heterocycles. The molecular weight excluding hydrogens is 487 g/mol. The summed E-state index contributed by atoms with van der Waals surface area (Å²) in [6, 6.07) is 0.343. The number of carbonyl (C=O) groups is 1. The molecule has 1 aliphatic carbocycles. The van der Waals surface area contributed by atoms with E-state index in [0.29, 0.717) is 19.2 Å². The highest BCUT2D eigenvalue weighted by atomic mass is 127. The molecule has 1 saturated carbocycles. The van der Waals surface area contributed by atoms with E-state index in [0.717, 1.165) is 48.9 Å². The first-order chi connectivity index (χ1) is 12.8. The maximum atomic E-state index is 11.9. The second kappa shape index (κ2) is 11.9. The number of thiazole rings is 1. The van der Waals surface area contributed by atoms with Crippen molar-refractivity contribution in [2.75, 3.05) is 13.2 Å². The van der Waals surface area contributed by atoms with Gasteiger partial charge in [0.05, 0.1) is 24.8 Å². The van der Waals surface area contributed by atoms with Crippen molar-refractivity contribution in [2.24, 2.45) is 10.9 Å². The van der Waals surface area contributed by atoms with E-state index in [4.69, 9.17) is 14.7 Å². The SMILES string of the molecule is CCNC(=NCc1nc(C(C)(C)C)cs1)NC1CCC(C(=O)OCC)CC1.I. The molecule has 2 N–H and O–H groups in total. The third kappa shape index (κ3) is 7.85. The first-order valence-electron chi connectivity index (χ1n) is 9.99. The Morgan fingerprint density at radius 3 is 2.50 bits per heavy atom. The molecule has 0 amide bonds. The molecule has 0 atom stereocenters. The van der Waals surface area contributed by atoms with Gasteiger partial charge in [-0.15, -0.1) is 35.3 Å². The average molecular weight is 522 g/mol. The summed E-state index contributed by atoms with van der Waals surface area (Å²) >= 11 is 1.67. The molecule has 1 fully saturated rings. The lowest BCUT2D eigenvalue weighted by Gasteiger charge is -2.29. The summed E-state index contributed by atoms with van der Waals surface area (Å²) in [7, 11) is 0. The number of aromatic nitrogens is 1. The molecule has 0 spiro atoms. The molecule has 0 bridgehead atoms. The minimum absolute atomic E-state index is 0. The lowest BCUT2D eigenvalue weighted by molar-refractivity contribution is -0.149. The highest BCUT2D eigenvalue weighted by Crippen LogP contribution is 2.26. The molecule has 1 aromatic heterocycles. The average Bonchev–Trinajstić information content (AvgIpc) is 3.10. The van der Waals surface area contributed by atoms with Crippen LogP contribution in [0, 0.1) is 5.92 Å². The van der Waals surface area contributed by atoms with Crippen molar-refractivity contribution in [3.05, 3.63) is 16.1 Å². The van der Waals surface area contributed by atoms with E-state index in [-0.39, 0.29) is 41.3 Å². The van der Waals surface area contributed by atoms with Crippen LogP contribution >= 0.6 is 35.3 Å². The number of hydrogen-bond donors (Lipinski definition) is 2. The highest BCUT2D eigenvalue weighted by molar-refractivity contribution is 14.0. The van der Waals surface area contributed by atoms with Crippen molar-refractivity contribution in [2.45, 2.75) is 78.3 Å². The second-order valence-corrected chi connectivity index (χ2v) is 8.96. The number of ether oxygens (including phenoxy) is 1. The number of nitrogens with one attached hydrogen (secondary N) is 2. The van der Waals surface area contributed by atoms with Crippen molar-refractivity contribution < 1.29 is 9.53 Å². The van der Waals surface area contributed by atoms with Crippen LogP contribution in [0.15, 0.2) is 10.4 Å². The van der Waals surface area contributed by atoms with Crippen LogP contribution in [0.1, 0.15) is 71.0 Å². The third-order valence-corrected chi connectivity index (χ3v) is 5.56. The van der Waals surface area contributed by atoms with Gasteiger partial charge in [0.1, 0.15) is 5.01 Å². The van der Waals surface area contributed by atoms with E-state index in [9.17, 15) is 4.79 Å². The van der Waals surface area contributed by atoms with Gasteiger partial charge in [-0.2, -0.15) is 0 Å². The van der Waals surface area contributed by atoms with Crippen molar-refractivity contribution in [1.29, 1.82) is 0 Å². The Kier molecular flexibility index (Phi) is 10.7. The lowest BCUT2D eigenvalue weighted by Crippen LogP contribution is -2.45. The molecule has 0 unspecified atom stereocenters. The molecule has 8 heteroatoms. The summed E-state index contributed by atoms with van der Waals surface area (Å²) in [4.78, 5) is 21.3. The Morgan fingerprint density at radius 1 is 1.29 bits per heavy atom. The summed E-state index contributed by atoms with van der Waals surface area (Å²) in [5.41, 5.74) is 1.19. The van der Waals surface area contributed by atoms with Gasteiger partial charge < -0.3 is 15.4 Å². The van der Waals surface area contributed by atoms with Gasteiger partial charge in [0.15, 0.2) is 5.96 Å². The van der Waals surface area contributed by atoms with Gasteiger partial charge in [-0.3, -0.25) is 4.79 Å². The number of guanidine groups is 1. The van der Waals surface area contributed by atoms with Crippen LogP contribution in [-0.4, -0.2) is 36.1 Å². The molecular formula is C20H35IN4O2S. The molecule has 160 valence electrons.